The second-order valence-electron chi connectivity index (χ2n) is 3.94. The molecule has 0 aliphatic rings. The van der Waals surface area contributed by atoms with Gasteiger partial charge in [-0.1, -0.05) is 29.3 Å². The summed E-state index contributed by atoms with van der Waals surface area (Å²) in [6, 6.07) is 11.4. The highest BCUT2D eigenvalue weighted by Crippen LogP contribution is 2.31. The predicted molar refractivity (Wildman–Crippen MR) is 83.4 cm³/mol. The summed E-state index contributed by atoms with van der Waals surface area (Å²) in [7, 11) is 1.61. The topological polar surface area (TPSA) is 35.2 Å². The van der Waals surface area contributed by atoms with Crippen LogP contribution >= 0.6 is 35.0 Å². The van der Waals surface area contributed by atoms with Crippen LogP contribution in [0.4, 0.5) is 5.69 Å². The molecule has 100 valence electrons. The van der Waals surface area contributed by atoms with Crippen molar-refractivity contribution < 1.29 is 4.74 Å². The molecule has 2 aromatic carbocycles. The average Bonchev–Trinajstić information content (AvgIpc) is 2.40. The van der Waals surface area contributed by atoms with Gasteiger partial charge in [0.1, 0.15) is 5.75 Å². The SMILES string of the molecule is COc1ccc(CSc2ccc(Cl)c(Cl)c2)cc1N. The van der Waals surface area contributed by atoms with Gasteiger partial charge >= 0.3 is 0 Å². The second-order valence-corrected chi connectivity index (χ2v) is 5.80. The van der Waals surface area contributed by atoms with E-state index in [0.29, 0.717) is 21.5 Å². The number of anilines is 1. The zero-order chi connectivity index (χ0) is 13.8. The van der Waals surface area contributed by atoms with Crippen molar-refractivity contribution in [3.05, 3.63) is 52.0 Å². The van der Waals surface area contributed by atoms with Gasteiger partial charge in [-0.05, 0) is 35.9 Å². The summed E-state index contributed by atoms with van der Waals surface area (Å²) in [5, 5.41) is 1.14. The Morgan fingerprint density at radius 2 is 1.89 bits per heavy atom. The number of ether oxygens (including phenoxy) is 1. The Hall–Kier alpha value is -1.03. The minimum atomic E-state index is 0.569. The molecule has 2 aromatic rings. The van der Waals surface area contributed by atoms with Crippen molar-refractivity contribution >= 4 is 40.7 Å². The van der Waals surface area contributed by atoms with Gasteiger partial charge in [0.15, 0.2) is 0 Å². The Bertz CT molecular complexity index is 590. The van der Waals surface area contributed by atoms with E-state index in [1.807, 2.05) is 30.3 Å². The first-order valence-electron chi connectivity index (χ1n) is 5.60. The van der Waals surface area contributed by atoms with Crippen molar-refractivity contribution in [2.75, 3.05) is 12.8 Å². The highest BCUT2D eigenvalue weighted by molar-refractivity contribution is 7.98. The van der Waals surface area contributed by atoms with Gasteiger partial charge in [0.2, 0.25) is 0 Å². The first kappa shape index (κ1) is 14.4. The van der Waals surface area contributed by atoms with Gasteiger partial charge in [0.05, 0.1) is 22.8 Å². The summed E-state index contributed by atoms with van der Waals surface area (Å²) in [5.74, 6) is 1.51. The van der Waals surface area contributed by atoms with E-state index in [0.717, 1.165) is 16.2 Å². The van der Waals surface area contributed by atoms with Crippen molar-refractivity contribution in [3.63, 3.8) is 0 Å². The molecule has 2 rings (SSSR count). The summed E-state index contributed by atoms with van der Waals surface area (Å²) < 4.78 is 5.13. The Balaban J connectivity index is 2.05. The van der Waals surface area contributed by atoms with E-state index in [-0.39, 0.29) is 0 Å². The normalized spacial score (nSPS) is 10.5. The summed E-state index contributed by atoms with van der Waals surface area (Å²) >= 11 is 13.5. The van der Waals surface area contributed by atoms with Crippen molar-refractivity contribution in [1.82, 2.24) is 0 Å². The molecule has 0 spiro atoms. The molecule has 0 aliphatic heterocycles. The lowest BCUT2D eigenvalue weighted by molar-refractivity contribution is 0.417. The molecule has 0 atom stereocenters. The van der Waals surface area contributed by atoms with E-state index in [4.69, 9.17) is 33.7 Å². The number of hydrogen-bond donors (Lipinski definition) is 1. The Morgan fingerprint density at radius 3 is 2.53 bits per heavy atom. The van der Waals surface area contributed by atoms with Crippen LogP contribution in [0.15, 0.2) is 41.3 Å². The van der Waals surface area contributed by atoms with Crippen LogP contribution < -0.4 is 10.5 Å². The van der Waals surface area contributed by atoms with Crippen LogP contribution in [0.5, 0.6) is 5.75 Å². The lowest BCUT2D eigenvalue weighted by atomic mass is 10.2. The fourth-order valence-electron chi connectivity index (χ4n) is 1.61. The van der Waals surface area contributed by atoms with E-state index in [2.05, 4.69) is 0 Å². The standard InChI is InChI=1S/C14H13Cl2NOS/c1-18-14-5-2-9(6-13(14)17)8-19-10-3-4-11(15)12(16)7-10/h2-7H,8,17H2,1H3. The highest BCUT2D eigenvalue weighted by atomic mass is 35.5. The van der Waals surface area contributed by atoms with Gasteiger partial charge in [0.25, 0.3) is 0 Å². The average molecular weight is 314 g/mol. The molecule has 0 aromatic heterocycles. The van der Waals surface area contributed by atoms with Gasteiger partial charge < -0.3 is 10.5 Å². The monoisotopic (exact) mass is 313 g/mol. The van der Waals surface area contributed by atoms with Crippen LogP contribution in [-0.2, 0) is 5.75 Å². The molecule has 0 amide bonds. The number of nitrogen functional groups attached to an aromatic ring is 1. The number of rotatable bonds is 4. The van der Waals surface area contributed by atoms with Gasteiger partial charge in [0, 0.05) is 10.6 Å². The minimum Gasteiger partial charge on any atom is -0.495 e. The third-order valence-corrected chi connectivity index (χ3v) is 4.39. The molecule has 0 saturated carbocycles. The van der Waals surface area contributed by atoms with Crippen molar-refractivity contribution in [3.8, 4) is 5.75 Å². The maximum Gasteiger partial charge on any atom is 0.141 e. The lowest BCUT2D eigenvalue weighted by Gasteiger charge is -2.07. The molecule has 0 radical (unpaired) electrons. The van der Waals surface area contributed by atoms with Gasteiger partial charge in [-0.15, -0.1) is 11.8 Å². The van der Waals surface area contributed by atoms with Crippen molar-refractivity contribution in [2.24, 2.45) is 0 Å². The Labute approximate surface area is 126 Å². The van der Waals surface area contributed by atoms with Crippen LogP contribution in [0.2, 0.25) is 10.0 Å². The summed E-state index contributed by atoms with van der Waals surface area (Å²) in [6.07, 6.45) is 0. The molecule has 2 N–H and O–H groups in total. The number of halogens is 2. The smallest absolute Gasteiger partial charge is 0.141 e. The van der Waals surface area contributed by atoms with Crippen LogP contribution in [0.3, 0.4) is 0 Å². The Morgan fingerprint density at radius 1 is 1.11 bits per heavy atom. The highest BCUT2D eigenvalue weighted by Gasteiger charge is 2.03. The zero-order valence-electron chi connectivity index (χ0n) is 10.3. The van der Waals surface area contributed by atoms with Crippen LogP contribution in [0.1, 0.15) is 5.56 Å². The van der Waals surface area contributed by atoms with Crippen LogP contribution in [0, 0.1) is 0 Å². The molecule has 2 nitrogen and oxygen atoms in total. The molecule has 5 heteroatoms. The van der Waals surface area contributed by atoms with Crippen molar-refractivity contribution in [2.45, 2.75) is 10.6 Å². The molecular weight excluding hydrogens is 301 g/mol. The molecule has 0 saturated heterocycles. The lowest BCUT2D eigenvalue weighted by Crippen LogP contribution is -1.93. The summed E-state index contributed by atoms with van der Waals surface area (Å²) in [4.78, 5) is 1.07. The number of thioether (sulfide) groups is 1. The number of benzene rings is 2. The zero-order valence-corrected chi connectivity index (χ0v) is 12.6. The third-order valence-electron chi connectivity index (χ3n) is 2.59. The maximum atomic E-state index is 5.98. The molecule has 0 unspecified atom stereocenters. The minimum absolute atomic E-state index is 0.569. The maximum absolute atomic E-state index is 5.98. The first-order valence-corrected chi connectivity index (χ1v) is 7.34. The molecule has 0 bridgehead atoms. The van der Waals surface area contributed by atoms with E-state index in [1.54, 1.807) is 24.9 Å². The van der Waals surface area contributed by atoms with Gasteiger partial charge in [-0.2, -0.15) is 0 Å². The molecule has 0 heterocycles. The predicted octanol–water partition coefficient (Wildman–Crippen LogP) is 4.88. The quantitative estimate of drug-likeness (QED) is 0.645. The van der Waals surface area contributed by atoms with Gasteiger partial charge in [-0.25, -0.2) is 0 Å². The second kappa shape index (κ2) is 6.42. The largest absolute Gasteiger partial charge is 0.495 e. The molecule has 19 heavy (non-hydrogen) atoms. The van der Waals surface area contributed by atoms with E-state index >= 15 is 0 Å². The fourth-order valence-corrected chi connectivity index (χ4v) is 2.85. The van der Waals surface area contributed by atoms with Crippen molar-refractivity contribution in [1.29, 1.82) is 0 Å². The number of hydrogen-bond acceptors (Lipinski definition) is 3. The Kier molecular flexibility index (Phi) is 4.86. The van der Waals surface area contributed by atoms with E-state index < -0.39 is 0 Å². The fraction of sp³-hybridized carbons (Fsp3) is 0.143. The number of methoxy groups -OCH3 is 1. The first-order chi connectivity index (χ1) is 9.10. The molecule has 0 fully saturated rings. The third kappa shape index (κ3) is 3.72. The summed E-state index contributed by atoms with van der Waals surface area (Å²) in [6.45, 7) is 0. The molecule has 0 aliphatic carbocycles. The number of nitrogens with two attached hydrogens (primary N) is 1. The van der Waals surface area contributed by atoms with Crippen LogP contribution in [0.25, 0.3) is 0 Å². The van der Waals surface area contributed by atoms with E-state index in [9.17, 15) is 0 Å². The van der Waals surface area contributed by atoms with Gasteiger partial charge in [-0.3, -0.25) is 0 Å². The molecular formula is C14H13Cl2NOS. The van der Waals surface area contributed by atoms with E-state index in [1.165, 1.54) is 0 Å². The summed E-state index contributed by atoms with van der Waals surface area (Å²) in [5.41, 5.74) is 7.65. The van der Waals surface area contributed by atoms with Crippen LogP contribution in [-0.4, -0.2) is 7.11 Å².